The summed E-state index contributed by atoms with van der Waals surface area (Å²) in [6.07, 6.45) is 3.08. The van der Waals surface area contributed by atoms with Crippen molar-refractivity contribution in [2.24, 2.45) is 5.73 Å². The van der Waals surface area contributed by atoms with Crippen LogP contribution in [-0.2, 0) is 6.42 Å². The van der Waals surface area contributed by atoms with Crippen molar-refractivity contribution in [1.29, 1.82) is 0 Å². The topological polar surface area (TPSA) is 35.9 Å². The van der Waals surface area contributed by atoms with E-state index in [1.165, 1.54) is 93.5 Å². The Hall–Kier alpha value is -7.62. The van der Waals surface area contributed by atoms with Crippen LogP contribution in [0, 0.1) is 0 Å². The van der Waals surface area contributed by atoms with Gasteiger partial charge in [0.2, 0.25) is 0 Å². The zero-order valence-corrected chi connectivity index (χ0v) is 31.7. The summed E-state index contributed by atoms with van der Waals surface area (Å²) in [5.41, 5.74) is 24.7. The van der Waals surface area contributed by atoms with Gasteiger partial charge in [-0.15, -0.1) is 0 Å². The predicted molar refractivity (Wildman–Crippen MR) is 245 cm³/mol. The third-order valence-corrected chi connectivity index (χ3v) is 12.3. The van der Waals surface area contributed by atoms with Crippen molar-refractivity contribution in [1.82, 2.24) is 9.13 Å². The van der Waals surface area contributed by atoms with E-state index < -0.39 is 0 Å². The Morgan fingerprint density at radius 3 is 1.86 bits per heavy atom. The smallest absolute Gasteiger partial charge is 0.0547 e. The summed E-state index contributed by atoms with van der Waals surface area (Å²) in [4.78, 5) is 0. The minimum Gasteiger partial charge on any atom is -0.398 e. The number of hydrogen-bond donors (Lipinski definition) is 1. The fourth-order valence-corrected chi connectivity index (χ4v) is 9.56. The highest BCUT2D eigenvalue weighted by Crippen LogP contribution is 2.41. The van der Waals surface area contributed by atoms with Crippen molar-refractivity contribution in [2.75, 3.05) is 0 Å². The lowest BCUT2D eigenvalue weighted by atomic mass is 9.99. The van der Waals surface area contributed by atoms with Crippen molar-refractivity contribution in [3.05, 3.63) is 216 Å². The lowest BCUT2D eigenvalue weighted by Gasteiger charge is -2.12. The molecule has 1 aliphatic carbocycles. The summed E-state index contributed by atoms with van der Waals surface area (Å²) in [7, 11) is 0. The number of fused-ring (bicyclic) bond motifs is 10. The van der Waals surface area contributed by atoms with E-state index in [0.717, 1.165) is 28.9 Å². The standard InChI is InChI=1S/C55H37N3/c56-51(33-40-15-11-22-45-44-20-7-6-14-39(44)32-47(40)45)41-16-10-19-43(28-41)58-54-27-25-38(31-49(54)50-29-35-12-4-5-13-36(35)34-55(50)58)37-24-26-53-48(30-37)46-21-8-9-23-52(46)57(53)42-17-2-1-3-18-42/h1-31,33-34H,32,56H2/b51-33-. The van der Waals surface area contributed by atoms with Crippen LogP contribution in [0.1, 0.15) is 22.3 Å². The molecule has 272 valence electrons. The minimum atomic E-state index is 0.753. The molecule has 9 aromatic carbocycles. The van der Waals surface area contributed by atoms with Gasteiger partial charge in [0.05, 0.1) is 22.1 Å². The number of aromatic nitrogens is 2. The van der Waals surface area contributed by atoms with Crippen molar-refractivity contribution in [3.8, 4) is 33.6 Å². The van der Waals surface area contributed by atoms with Gasteiger partial charge in [0.1, 0.15) is 0 Å². The highest BCUT2D eigenvalue weighted by molar-refractivity contribution is 6.15. The van der Waals surface area contributed by atoms with Crippen LogP contribution in [0.25, 0.3) is 99.8 Å². The quantitative estimate of drug-likeness (QED) is 0.175. The molecule has 3 heteroatoms. The summed E-state index contributed by atoms with van der Waals surface area (Å²) in [5.74, 6) is 0. The second kappa shape index (κ2) is 12.7. The Kier molecular flexibility index (Phi) is 7.14. The molecular formula is C55H37N3. The summed E-state index contributed by atoms with van der Waals surface area (Å²) < 4.78 is 4.78. The van der Waals surface area contributed by atoms with Crippen molar-refractivity contribution in [3.63, 3.8) is 0 Å². The number of hydrogen-bond acceptors (Lipinski definition) is 1. The highest BCUT2D eigenvalue weighted by atomic mass is 15.0. The minimum absolute atomic E-state index is 0.753. The molecule has 2 heterocycles. The molecule has 2 N–H and O–H groups in total. The van der Waals surface area contributed by atoms with Crippen LogP contribution < -0.4 is 5.73 Å². The lowest BCUT2D eigenvalue weighted by molar-refractivity contribution is 1.18. The molecule has 0 bridgehead atoms. The molecule has 58 heavy (non-hydrogen) atoms. The normalized spacial score (nSPS) is 12.6. The average Bonchev–Trinajstić information content (AvgIpc) is 3.93. The fraction of sp³-hybridized carbons (Fsp3) is 0.0182. The highest BCUT2D eigenvalue weighted by Gasteiger charge is 2.21. The molecule has 0 saturated heterocycles. The van der Waals surface area contributed by atoms with Crippen LogP contribution in [0.5, 0.6) is 0 Å². The van der Waals surface area contributed by atoms with Crippen molar-refractivity contribution >= 4 is 66.2 Å². The van der Waals surface area contributed by atoms with E-state index in [9.17, 15) is 0 Å². The lowest BCUT2D eigenvalue weighted by Crippen LogP contribution is -2.00. The molecule has 12 rings (SSSR count). The molecule has 0 radical (unpaired) electrons. The van der Waals surface area contributed by atoms with Crippen molar-refractivity contribution < 1.29 is 0 Å². The maximum absolute atomic E-state index is 6.99. The van der Waals surface area contributed by atoms with Crippen LogP contribution in [0.4, 0.5) is 0 Å². The number of para-hydroxylation sites is 2. The SMILES string of the molecule is N/C(=C\c1cccc2c1Cc1ccccc1-2)c1cccc(-n2c3ccc(-c4ccc5c(c4)c4ccccc4n5-c4ccccc4)cc3c3cc4ccccc4cc32)c1. The zero-order chi connectivity index (χ0) is 38.3. The van der Waals surface area contributed by atoms with Gasteiger partial charge < -0.3 is 14.9 Å². The number of nitrogens with zero attached hydrogens (tertiary/aromatic N) is 2. The van der Waals surface area contributed by atoms with Gasteiger partial charge in [0.25, 0.3) is 0 Å². The maximum Gasteiger partial charge on any atom is 0.0547 e. The fourth-order valence-electron chi connectivity index (χ4n) is 9.56. The molecule has 2 aromatic heterocycles. The molecule has 0 unspecified atom stereocenters. The first-order valence-corrected chi connectivity index (χ1v) is 20.0. The van der Waals surface area contributed by atoms with E-state index in [1.807, 2.05) is 0 Å². The van der Waals surface area contributed by atoms with Gasteiger partial charge in [0, 0.05) is 38.6 Å². The van der Waals surface area contributed by atoms with E-state index in [2.05, 4.69) is 209 Å². The van der Waals surface area contributed by atoms with Gasteiger partial charge in [-0.05, 0) is 135 Å². The van der Waals surface area contributed by atoms with Crippen molar-refractivity contribution in [2.45, 2.75) is 6.42 Å². The molecule has 0 saturated carbocycles. The van der Waals surface area contributed by atoms with Crippen LogP contribution in [0.15, 0.2) is 194 Å². The number of nitrogens with two attached hydrogens (primary N) is 1. The van der Waals surface area contributed by atoms with Gasteiger partial charge >= 0.3 is 0 Å². The third-order valence-electron chi connectivity index (χ3n) is 12.3. The van der Waals surface area contributed by atoms with Gasteiger partial charge in [-0.1, -0.05) is 127 Å². The molecular weight excluding hydrogens is 703 g/mol. The first-order valence-electron chi connectivity index (χ1n) is 20.0. The maximum atomic E-state index is 6.99. The summed E-state index contributed by atoms with van der Waals surface area (Å²) in [6.45, 7) is 0. The van der Waals surface area contributed by atoms with E-state index in [4.69, 9.17) is 5.73 Å². The predicted octanol–water partition coefficient (Wildman–Crippen LogP) is 13.7. The Morgan fingerprint density at radius 2 is 1.03 bits per heavy atom. The van der Waals surface area contributed by atoms with Gasteiger partial charge in [0.15, 0.2) is 0 Å². The molecule has 3 nitrogen and oxygen atoms in total. The van der Waals surface area contributed by atoms with Gasteiger partial charge in [-0.3, -0.25) is 0 Å². The van der Waals surface area contributed by atoms with E-state index in [-0.39, 0.29) is 0 Å². The largest absolute Gasteiger partial charge is 0.398 e. The van der Waals surface area contributed by atoms with Gasteiger partial charge in [-0.2, -0.15) is 0 Å². The molecule has 0 fully saturated rings. The monoisotopic (exact) mass is 739 g/mol. The van der Waals surface area contributed by atoms with E-state index in [1.54, 1.807) is 0 Å². The third kappa shape index (κ3) is 5.00. The number of benzene rings is 9. The second-order valence-corrected chi connectivity index (χ2v) is 15.6. The molecule has 0 aliphatic heterocycles. The Morgan fingerprint density at radius 1 is 0.431 bits per heavy atom. The summed E-state index contributed by atoms with van der Waals surface area (Å²) in [6, 6.07) is 70.6. The average molecular weight is 740 g/mol. The van der Waals surface area contributed by atoms with Crippen LogP contribution in [-0.4, -0.2) is 9.13 Å². The van der Waals surface area contributed by atoms with Crippen LogP contribution >= 0.6 is 0 Å². The zero-order valence-electron chi connectivity index (χ0n) is 31.7. The molecule has 11 aromatic rings. The second-order valence-electron chi connectivity index (χ2n) is 15.6. The Bertz CT molecular complexity index is 3490. The molecule has 0 amide bonds. The number of rotatable bonds is 5. The Balaban J connectivity index is 1.00. The van der Waals surface area contributed by atoms with E-state index >= 15 is 0 Å². The molecule has 1 aliphatic rings. The first kappa shape index (κ1) is 32.6. The van der Waals surface area contributed by atoms with Gasteiger partial charge in [-0.25, -0.2) is 0 Å². The Labute approximate surface area is 336 Å². The summed E-state index contributed by atoms with van der Waals surface area (Å²) in [5, 5.41) is 7.39. The van der Waals surface area contributed by atoms with E-state index in [0.29, 0.717) is 0 Å². The van der Waals surface area contributed by atoms with Crippen LogP contribution in [0.3, 0.4) is 0 Å². The summed E-state index contributed by atoms with van der Waals surface area (Å²) >= 11 is 0. The molecule has 0 atom stereocenters. The van der Waals surface area contributed by atoms with Crippen LogP contribution in [0.2, 0.25) is 0 Å². The molecule has 0 spiro atoms. The first-order chi connectivity index (χ1) is 28.7.